The van der Waals surface area contributed by atoms with Gasteiger partial charge in [-0.15, -0.1) is 11.3 Å². The number of carbonyl (C=O) groups excluding carboxylic acids is 1. The van der Waals surface area contributed by atoms with Crippen molar-refractivity contribution in [1.29, 1.82) is 0 Å². The lowest BCUT2D eigenvalue weighted by Crippen LogP contribution is -2.14. The number of nitrogens with one attached hydrogen (secondary N) is 1. The van der Waals surface area contributed by atoms with Crippen LogP contribution >= 0.6 is 11.3 Å². The first-order valence-electron chi connectivity index (χ1n) is 4.71. The fraction of sp³-hybridized carbons (Fsp3) is 0. The molecule has 0 atom stereocenters. The number of thiophene rings is 1. The number of nitrogens with zero attached hydrogens (tertiary/aromatic N) is 1. The summed E-state index contributed by atoms with van der Waals surface area (Å²) in [5, 5.41) is 13.0. The van der Waals surface area contributed by atoms with Crippen molar-refractivity contribution >= 4 is 28.9 Å². The van der Waals surface area contributed by atoms with E-state index in [-0.39, 0.29) is 16.3 Å². The lowest BCUT2D eigenvalue weighted by molar-refractivity contribution is 0.0703. The van der Waals surface area contributed by atoms with Crippen molar-refractivity contribution in [3.05, 3.63) is 46.4 Å². The van der Waals surface area contributed by atoms with Crippen LogP contribution in [0.15, 0.2) is 35.8 Å². The van der Waals surface area contributed by atoms with Crippen LogP contribution in [-0.4, -0.2) is 22.0 Å². The van der Waals surface area contributed by atoms with Crippen molar-refractivity contribution in [2.45, 2.75) is 0 Å². The molecular formula is C11H8N2O3S. The standard InChI is InChI=1S/C11H8N2O3S/c14-10(8-3-1-2-5-12-8)13-7-4-6-17-9(7)11(15)16/h1-6H,(H,13,14)(H,15,16). The lowest BCUT2D eigenvalue weighted by atomic mass is 10.3. The van der Waals surface area contributed by atoms with E-state index >= 15 is 0 Å². The average molecular weight is 248 g/mol. The lowest BCUT2D eigenvalue weighted by Gasteiger charge is -2.03. The number of amides is 1. The van der Waals surface area contributed by atoms with Gasteiger partial charge in [0.1, 0.15) is 10.6 Å². The Kier molecular flexibility index (Phi) is 3.15. The van der Waals surface area contributed by atoms with Crippen LogP contribution in [0.25, 0.3) is 0 Å². The van der Waals surface area contributed by atoms with E-state index in [0.717, 1.165) is 11.3 Å². The van der Waals surface area contributed by atoms with Crippen molar-refractivity contribution in [3.63, 3.8) is 0 Å². The zero-order chi connectivity index (χ0) is 12.3. The molecule has 0 aromatic carbocycles. The highest BCUT2D eigenvalue weighted by Crippen LogP contribution is 2.22. The molecule has 0 aliphatic carbocycles. The molecule has 86 valence electrons. The van der Waals surface area contributed by atoms with E-state index in [9.17, 15) is 9.59 Å². The topological polar surface area (TPSA) is 79.3 Å². The van der Waals surface area contributed by atoms with Gasteiger partial charge in [-0.1, -0.05) is 6.07 Å². The van der Waals surface area contributed by atoms with Crippen LogP contribution < -0.4 is 5.32 Å². The first-order chi connectivity index (χ1) is 8.18. The molecule has 6 heteroatoms. The Morgan fingerprint density at radius 2 is 2.12 bits per heavy atom. The van der Waals surface area contributed by atoms with Gasteiger partial charge in [-0.2, -0.15) is 0 Å². The van der Waals surface area contributed by atoms with Crippen LogP contribution in [-0.2, 0) is 0 Å². The Balaban J connectivity index is 2.19. The van der Waals surface area contributed by atoms with E-state index in [1.54, 1.807) is 29.6 Å². The summed E-state index contributed by atoms with van der Waals surface area (Å²) in [7, 11) is 0. The second-order valence-electron chi connectivity index (χ2n) is 3.14. The van der Waals surface area contributed by atoms with Crippen LogP contribution in [0.3, 0.4) is 0 Å². The number of aromatic carboxylic acids is 1. The third-order valence-electron chi connectivity index (χ3n) is 2.01. The summed E-state index contributed by atoms with van der Waals surface area (Å²) in [5.41, 5.74) is 0.535. The van der Waals surface area contributed by atoms with Crippen molar-refractivity contribution in [2.24, 2.45) is 0 Å². The van der Waals surface area contributed by atoms with Gasteiger partial charge < -0.3 is 10.4 Å². The van der Waals surface area contributed by atoms with Crippen molar-refractivity contribution in [2.75, 3.05) is 5.32 Å². The molecule has 0 aliphatic rings. The zero-order valence-electron chi connectivity index (χ0n) is 8.58. The maximum atomic E-state index is 11.7. The second-order valence-corrected chi connectivity index (χ2v) is 4.05. The molecule has 0 saturated carbocycles. The molecule has 2 aromatic rings. The summed E-state index contributed by atoms with van der Waals surface area (Å²) in [6, 6.07) is 6.49. The summed E-state index contributed by atoms with van der Waals surface area (Å²) < 4.78 is 0. The highest BCUT2D eigenvalue weighted by Gasteiger charge is 2.15. The minimum absolute atomic E-state index is 0.106. The molecule has 0 aliphatic heterocycles. The molecule has 0 fully saturated rings. The minimum Gasteiger partial charge on any atom is -0.477 e. The maximum absolute atomic E-state index is 11.7. The van der Waals surface area contributed by atoms with Crippen molar-refractivity contribution < 1.29 is 14.7 Å². The molecule has 1 amide bonds. The fourth-order valence-electron chi connectivity index (χ4n) is 1.26. The quantitative estimate of drug-likeness (QED) is 0.871. The summed E-state index contributed by atoms with van der Waals surface area (Å²) in [4.78, 5) is 26.6. The molecule has 2 heterocycles. The average Bonchev–Trinajstić information content (AvgIpc) is 2.78. The highest BCUT2D eigenvalue weighted by atomic mass is 32.1. The predicted octanol–water partition coefficient (Wildman–Crippen LogP) is 2.09. The smallest absolute Gasteiger partial charge is 0.348 e. The predicted molar refractivity (Wildman–Crippen MR) is 63.5 cm³/mol. The summed E-state index contributed by atoms with van der Waals surface area (Å²) >= 11 is 1.06. The summed E-state index contributed by atoms with van der Waals surface area (Å²) in [6.45, 7) is 0. The van der Waals surface area contributed by atoms with Crippen molar-refractivity contribution in [1.82, 2.24) is 4.98 Å². The van der Waals surface area contributed by atoms with E-state index in [1.807, 2.05) is 0 Å². The van der Waals surface area contributed by atoms with Crippen LogP contribution in [0.1, 0.15) is 20.2 Å². The highest BCUT2D eigenvalue weighted by molar-refractivity contribution is 7.12. The van der Waals surface area contributed by atoms with Gasteiger partial charge in [-0.05, 0) is 23.6 Å². The van der Waals surface area contributed by atoms with E-state index < -0.39 is 11.9 Å². The Morgan fingerprint density at radius 3 is 2.76 bits per heavy atom. The van der Waals surface area contributed by atoms with Gasteiger partial charge >= 0.3 is 5.97 Å². The third-order valence-corrected chi connectivity index (χ3v) is 2.91. The van der Waals surface area contributed by atoms with Crippen LogP contribution in [0.2, 0.25) is 0 Å². The number of carbonyl (C=O) groups is 2. The Labute approximate surface area is 101 Å². The number of aromatic nitrogens is 1. The first-order valence-corrected chi connectivity index (χ1v) is 5.59. The van der Waals surface area contributed by atoms with Gasteiger partial charge in [0.15, 0.2) is 0 Å². The molecule has 17 heavy (non-hydrogen) atoms. The van der Waals surface area contributed by atoms with Crippen LogP contribution in [0.5, 0.6) is 0 Å². The van der Waals surface area contributed by atoms with Gasteiger partial charge in [-0.3, -0.25) is 9.78 Å². The van der Waals surface area contributed by atoms with Crippen LogP contribution in [0.4, 0.5) is 5.69 Å². The molecule has 0 bridgehead atoms. The van der Waals surface area contributed by atoms with E-state index in [4.69, 9.17) is 5.11 Å². The number of rotatable bonds is 3. The molecule has 2 aromatic heterocycles. The second kappa shape index (κ2) is 4.75. The molecule has 0 saturated heterocycles. The number of anilines is 1. The van der Waals surface area contributed by atoms with Gasteiger partial charge in [0.25, 0.3) is 5.91 Å². The molecule has 5 nitrogen and oxygen atoms in total. The number of carboxylic acids is 1. The van der Waals surface area contributed by atoms with Gasteiger partial charge in [0, 0.05) is 6.20 Å². The molecular weight excluding hydrogens is 240 g/mol. The van der Waals surface area contributed by atoms with E-state index in [1.165, 1.54) is 6.20 Å². The monoisotopic (exact) mass is 248 g/mol. The van der Waals surface area contributed by atoms with Gasteiger partial charge in [-0.25, -0.2) is 4.79 Å². The Hall–Kier alpha value is -2.21. The summed E-state index contributed by atoms with van der Waals surface area (Å²) in [5.74, 6) is -1.48. The number of hydrogen-bond acceptors (Lipinski definition) is 4. The first kappa shape index (κ1) is 11.3. The normalized spacial score (nSPS) is 9.88. The molecule has 2 rings (SSSR count). The zero-order valence-corrected chi connectivity index (χ0v) is 9.40. The molecule has 2 N–H and O–H groups in total. The molecule has 0 unspecified atom stereocenters. The van der Waals surface area contributed by atoms with Crippen LogP contribution in [0, 0.1) is 0 Å². The van der Waals surface area contributed by atoms with Crippen molar-refractivity contribution in [3.8, 4) is 0 Å². The Bertz CT molecular complexity index is 551. The van der Waals surface area contributed by atoms with E-state index in [2.05, 4.69) is 10.3 Å². The SMILES string of the molecule is O=C(Nc1ccsc1C(=O)O)c1ccccn1. The molecule has 0 spiro atoms. The Morgan fingerprint density at radius 1 is 1.29 bits per heavy atom. The fourth-order valence-corrected chi connectivity index (χ4v) is 1.94. The third kappa shape index (κ3) is 2.48. The summed E-state index contributed by atoms with van der Waals surface area (Å²) in [6.07, 6.45) is 1.50. The molecule has 0 radical (unpaired) electrons. The minimum atomic E-state index is -1.06. The largest absolute Gasteiger partial charge is 0.477 e. The maximum Gasteiger partial charge on any atom is 0.348 e. The van der Waals surface area contributed by atoms with E-state index in [0.29, 0.717) is 0 Å². The number of carboxylic acid groups (broad SMARTS) is 1. The number of pyridine rings is 1. The number of hydrogen-bond donors (Lipinski definition) is 2. The van der Waals surface area contributed by atoms with Gasteiger partial charge in [0.05, 0.1) is 5.69 Å². The van der Waals surface area contributed by atoms with Gasteiger partial charge in [0.2, 0.25) is 0 Å².